The minimum atomic E-state index is -3.53. The lowest BCUT2D eigenvalue weighted by Gasteiger charge is -2.30. The van der Waals surface area contributed by atoms with Crippen LogP contribution in [0.4, 0.5) is 5.69 Å². The molecule has 0 aromatic heterocycles. The molecule has 1 aliphatic heterocycles. The van der Waals surface area contributed by atoms with Crippen molar-refractivity contribution in [2.75, 3.05) is 25.5 Å². The summed E-state index contributed by atoms with van der Waals surface area (Å²) in [5.74, 6) is 0.306. The number of methoxy groups -OCH3 is 1. The fourth-order valence-corrected chi connectivity index (χ4v) is 5.89. The van der Waals surface area contributed by atoms with Gasteiger partial charge in [-0.25, -0.2) is 8.42 Å². The molecule has 1 N–H and O–H groups in total. The number of fused-ring (bicyclic) bond motifs is 1. The SMILES string of the molecule is COc1ccc(C)cc1NC(=O)C1CCN(S(=O)(=O)c2ccc3c(c2)CCC3)CC1. The molecule has 0 bridgehead atoms. The number of benzene rings is 2. The monoisotopic (exact) mass is 428 g/mol. The highest BCUT2D eigenvalue weighted by Gasteiger charge is 2.32. The predicted molar refractivity (Wildman–Crippen MR) is 116 cm³/mol. The van der Waals surface area contributed by atoms with Gasteiger partial charge in [-0.05, 0) is 80.0 Å². The van der Waals surface area contributed by atoms with E-state index in [4.69, 9.17) is 4.74 Å². The van der Waals surface area contributed by atoms with E-state index in [1.807, 2.05) is 37.3 Å². The highest BCUT2D eigenvalue weighted by atomic mass is 32.2. The highest BCUT2D eigenvalue weighted by Crippen LogP contribution is 2.30. The molecule has 1 fully saturated rings. The van der Waals surface area contributed by atoms with Gasteiger partial charge in [0, 0.05) is 19.0 Å². The molecule has 1 heterocycles. The Bertz CT molecular complexity index is 1060. The summed E-state index contributed by atoms with van der Waals surface area (Å²) >= 11 is 0. The maximum atomic E-state index is 13.1. The normalized spacial score (nSPS) is 17.5. The van der Waals surface area contributed by atoms with Crippen LogP contribution in [-0.2, 0) is 27.7 Å². The second-order valence-electron chi connectivity index (χ2n) is 8.16. The van der Waals surface area contributed by atoms with Gasteiger partial charge in [-0.2, -0.15) is 4.31 Å². The molecule has 30 heavy (non-hydrogen) atoms. The van der Waals surface area contributed by atoms with Crippen LogP contribution in [0.15, 0.2) is 41.3 Å². The van der Waals surface area contributed by atoms with E-state index >= 15 is 0 Å². The summed E-state index contributed by atoms with van der Waals surface area (Å²) in [6.07, 6.45) is 4.07. The van der Waals surface area contributed by atoms with Crippen LogP contribution >= 0.6 is 0 Å². The van der Waals surface area contributed by atoms with Gasteiger partial charge in [0.15, 0.2) is 0 Å². The first kappa shape index (κ1) is 20.9. The van der Waals surface area contributed by atoms with Gasteiger partial charge in [0.2, 0.25) is 15.9 Å². The molecule has 2 aliphatic rings. The number of hydrogen-bond donors (Lipinski definition) is 1. The molecule has 7 heteroatoms. The van der Waals surface area contributed by atoms with Crippen molar-refractivity contribution in [2.24, 2.45) is 5.92 Å². The Morgan fingerprint density at radius 3 is 2.53 bits per heavy atom. The van der Waals surface area contributed by atoms with Crippen LogP contribution in [-0.4, -0.2) is 38.8 Å². The summed E-state index contributed by atoms with van der Waals surface area (Å²) < 4.78 is 33.0. The average Bonchev–Trinajstić information content (AvgIpc) is 3.22. The Morgan fingerprint density at radius 2 is 1.80 bits per heavy atom. The van der Waals surface area contributed by atoms with E-state index in [9.17, 15) is 13.2 Å². The number of ether oxygens (including phenoxy) is 1. The predicted octanol–water partition coefficient (Wildman–Crippen LogP) is 3.53. The van der Waals surface area contributed by atoms with E-state index in [2.05, 4.69) is 5.32 Å². The molecular formula is C23H28N2O4S. The van der Waals surface area contributed by atoms with E-state index in [1.165, 1.54) is 9.87 Å². The molecule has 2 aromatic rings. The van der Waals surface area contributed by atoms with Crippen LogP contribution in [0.3, 0.4) is 0 Å². The van der Waals surface area contributed by atoms with Crippen molar-refractivity contribution >= 4 is 21.6 Å². The van der Waals surface area contributed by atoms with E-state index in [1.54, 1.807) is 13.2 Å². The second kappa shape index (κ2) is 8.40. The molecular weight excluding hydrogens is 400 g/mol. The lowest BCUT2D eigenvalue weighted by atomic mass is 9.97. The number of piperidine rings is 1. The van der Waals surface area contributed by atoms with Crippen LogP contribution in [0.25, 0.3) is 0 Å². The number of rotatable bonds is 5. The van der Waals surface area contributed by atoms with Gasteiger partial charge in [0.1, 0.15) is 5.75 Å². The molecule has 1 amide bonds. The van der Waals surface area contributed by atoms with Crippen molar-refractivity contribution in [1.82, 2.24) is 4.31 Å². The molecule has 0 saturated carbocycles. The number of anilines is 1. The van der Waals surface area contributed by atoms with Crippen molar-refractivity contribution in [3.05, 3.63) is 53.1 Å². The molecule has 0 atom stereocenters. The zero-order valence-corrected chi connectivity index (χ0v) is 18.3. The molecule has 1 aliphatic carbocycles. The summed E-state index contributed by atoms with van der Waals surface area (Å²) in [6.45, 7) is 2.66. The number of carbonyl (C=O) groups excluding carboxylic acids is 1. The lowest BCUT2D eigenvalue weighted by molar-refractivity contribution is -0.120. The van der Waals surface area contributed by atoms with Gasteiger partial charge in [0.25, 0.3) is 0 Å². The average molecular weight is 429 g/mol. The summed E-state index contributed by atoms with van der Waals surface area (Å²) in [5.41, 5.74) is 4.09. The van der Waals surface area contributed by atoms with Crippen LogP contribution in [0.2, 0.25) is 0 Å². The van der Waals surface area contributed by atoms with Gasteiger partial charge in [-0.3, -0.25) is 4.79 Å². The quantitative estimate of drug-likeness (QED) is 0.791. The number of nitrogens with zero attached hydrogens (tertiary/aromatic N) is 1. The molecule has 0 unspecified atom stereocenters. The Morgan fingerprint density at radius 1 is 1.07 bits per heavy atom. The first-order valence-corrected chi connectivity index (χ1v) is 11.9. The largest absolute Gasteiger partial charge is 0.495 e. The number of carbonyl (C=O) groups is 1. The fourth-order valence-electron chi connectivity index (χ4n) is 4.37. The van der Waals surface area contributed by atoms with E-state index in [0.717, 1.165) is 30.4 Å². The molecule has 0 radical (unpaired) electrons. The summed E-state index contributed by atoms with van der Waals surface area (Å²) in [4.78, 5) is 13.1. The smallest absolute Gasteiger partial charge is 0.243 e. The van der Waals surface area contributed by atoms with E-state index in [-0.39, 0.29) is 11.8 Å². The van der Waals surface area contributed by atoms with Gasteiger partial charge in [-0.1, -0.05) is 12.1 Å². The van der Waals surface area contributed by atoms with Crippen molar-refractivity contribution in [1.29, 1.82) is 0 Å². The number of hydrogen-bond acceptors (Lipinski definition) is 4. The zero-order valence-electron chi connectivity index (χ0n) is 17.5. The highest BCUT2D eigenvalue weighted by molar-refractivity contribution is 7.89. The van der Waals surface area contributed by atoms with Gasteiger partial charge in [0.05, 0.1) is 17.7 Å². The van der Waals surface area contributed by atoms with Crippen molar-refractivity contribution in [3.8, 4) is 5.75 Å². The summed E-state index contributed by atoms with van der Waals surface area (Å²) in [6, 6.07) is 11.1. The zero-order chi connectivity index (χ0) is 21.3. The Balaban J connectivity index is 1.41. The molecule has 6 nitrogen and oxygen atoms in total. The molecule has 4 rings (SSSR count). The topological polar surface area (TPSA) is 75.7 Å². The van der Waals surface area contributed by atoms with Gasteiger partial charge < -0.3 is 10.1 Å². The van der Waals surface area contributed by atoms with Crippen LogP contribution in [0.1, 0.15) is 36.0 Å². The molecule has 1 saturated heterocycles. The minimum absolute atomic E-state index is 0.0894. The van der Waals surface area contributed by atoms with E-state index < -0.39 is 10.0 Å². The number of amides is 1. The van der Waals surface area contributed by atoms with Crippen molar-refractivity contribution < 1.29 is 17.9 Å². The maximum Gasteiger partial charge on any atom is 0.243 e. The van der Waals surface area contributed by atoms with Crippen molar-refractivity contribution in [3.63, 3.8) is 0 Å². The fraction of sp³-hybridized carbons (Fsp3) is 0.435. The number of sulfonamides is 1. The Labute approximate surface area is 178 Å². The minimum Gasteiger partial charge on any atom is -0.495 e. The molecule has 0 spiro atoms. The Hall–Kier alpha value is -2.38. The third kappa shape index (κ3) is 4.09. The molecule has 2 aromatic carbocycles. The summed E-state index contributed by atoms with van der Waals surface area (Å²) in [7, 11) is -1.95. The van der Waals surface area contributed by atoms with Crippen molar-refractivity contribution in [2.45, 2.75) is 43.9 Å². The Kier molecular flexibility index (Phi) is 5.84. The standard InChI is InChI=1S/C23H28N2O4S/c1-16-6-9-22(29-2)21(14-16)24-23(26)18-10-12-25(13-11-18)30(27,28)20-8-7-17-4-3-5-19(17)15-20/h6-9,14-15,18H,3-5,10-13H2,1-2H3,(H,24,26). The first-order chi connectivity index (χ1) is 14.4. The third-order valence-corrected chi connectivity index (χ3v) is 8.04. The summed E-state index contributed by atoms with van der Waals surface area (Å²) in [5, 5.41) is 2.95. The molecule has 160 valence electrons. The van der Waals surface area contributed by atoms with Crippen LogP contribution < -0.4 is 10.1 Å². The van der Waals surface area contributed by atoms with Crippen LogP contribution in [0.5, 0.6) is 5.75 Å². The van der Waals surface area contributed by atoms with Crippen LogP contribution in [0, 0.1) is 12.8 Å². The first-order valence-electron chi connectivity index (χ1n) is 10.5. The number of nitrogens with one attached hydrogen (secondary N) is 1. The lowest BCUT2D eigenvalue weighted by Crippen LogP contribution is -2.41. The number of aryl methyl sites for hydroxylation is 3. The van der Waals surface area contributed by atoms with Gasteiger partial charge in [-0.15, -0.1) is 0 Å². The van der Waals surface area contributed by atoms with E-state index in [0.29, 0.717) is 42.3 Å². The van der Waals surface area contributed by atoms with Gasteiger partial charge >= 0.3 is 0 Å². The third-order valence-electron chi connectivity index (χ3n) is 6.15. The maximum absolute atomic E-state index is 13.1. The second-order valence-corrected chi connectivity index (χ2v) is 10.1.